The third kappa shape index (κ3) is 2.84. The maximum atomic E-state index is 12.4. The standard InChI is InChI=1S/C10H9ClF3N3O/c11-7-1-5(10(12,13)14)3-16-9(7)17-6-2-8(18)15-4-6/h1,3,6H,2,4H2,(H,15,18)(H,16,17). The van der Waals surface area contributed by atoms with Crippen LogP contribution in [0.5, 0.6) is 0 Å². The molecule has 0 saturated carbocycles. The first-order valence-corrected chi connectivity index (χ1v) is 5.50. The molecule has 8 heteroatoms. The van der Waals surface area contributed by atoms with Gasteiger partial charge in [0, 0.05) is 19.2 Å². The van der Waals surface area contributed by atoms with E-state index in [1.165, 1.54) is 0 Å². The van der Waals surface area contributed by atoms with E-state index in [9.17, 15) is 18.0 Å². The third-order valence-corrected chi connectivity index (χ3v) is 2.77. The number of hydrogen-bond donors (Lipinski definition) is 2. The largest absolute Gasteiger partial charge is 0.417 e. The summed E-state index contributed by atoms with van der Waals surface area (Å²) in [4.78, 5) is 14.6. The second-order valence-electron chi connectivity index (χ2n) is 3.90. The molecule has 0 aromatic carbocycles. The Morgan fingerprint density at radius 1 is 1.50 bits per heavy atom. The van der Waals surface area contributed by atoms with Crippen molar-refractivity contribution in [3.05, 3.63) is 22.8 Å². The Hall–Kier alpha value is -1.50. The maximum Gasteiger partial charge on any atom is 0.417 e. The lowest BCUT2D eigenvalue weighted by Crippen LogP contribution is -2.23. The summed E-state index contributed by atoms with van der Waals surface area (Å²) in [6, 6.07) is 0.598. The van der Waals surface area contributed by atoms with Crippen LogP contribution in [0.1, 0.15) is 12.0 Å². The highest BCUT2D eigenvalue weighted by Crippen LogP contribution is 2.32. The highest BCUT2D eigenvalue weighted by atomic mass is 35.5. The molecule has 0 bridgehead atoms. The van der Waals surface area contributed by atoms with Crippen molar-refractivity contribution in [3.8, 4) is 0 Å². The Kier molecular flexibility index (Phi) is 3.34. The van der Waals surface area contributed by atoms with Gasteiger partial charge in [-0.15, -0.1) is 0 Å². The molecule has 1 fully saturated rings. The van der Waals surface area contributed by atoms with Gasteiger partial charge in [0.15, 0.2) is 0 Å². The van der Waals surface area contributed by atoms with E-state index in [-0.39, 0.29) is 29.2 Å². The van der Waals surface area contributed by atoms with Crippen LogP contribution in [0.25, 0.3) is 0 Å². The molecule has 1 aromatic heterocycles. The van der Waals surface area contributed by atoms with Crippen LogP contribution >= 0.6 is 11.6 Å². The van der Waals surface area contributed by atoms with Crippen LogP contribution in [0, 0.1) is 0 Å². The van der Waals surface area contributed by atoms with E-state index in [0.29, 0.717) is 12.7 Å². The van der Waals surface area contributed by atoms with Gasteiger partial charge in [0.2, 0.25) is 5.91 Å². The minimum atomic E-state index is -4.47. The van der Waals surface area contributed by atoms with Crippen molar-refractivity contribution >= 4 is 23.3 Å². The zero-order valence-corrected chi connectivity index (χ0v) is 9.77. The number of anilines is 1. The van der Waals surface area contributed by atoms with Crippen LogP contribution in [0.4, 0.5) is 19.0 Å². The second kappa shape index (κ2) is 4.64. The van der Waals surface area contributed by atoms with Gasteiger partial charge in [-0.2, -0.15) is 13.2 Å². The van der Waals surface area contributed by atoms with Gasteiger partial charge in [0.25, 0.3) is 0 Å². The number of carbonyl (C=O) groups excluding carboxylic acids is 1. The average molecular weight is 280 g/mol. The van der Waals surface area contributed by atoms with Crippen molar-refractivity contribution in [3.63, 3.8) is 0 Å². The summed E-state index contributed by atoms with van der Waals surface area (Å²) in [6.07, 6.45) is -3.52. The number of hydrogen-bond acceptors (Lipinski definition) is 3. The summed E-state index contributed by atoms with van der Waals surface area (Å²) in [5.74, 6) is 0.0294. The Balaban J connectivity index is 2.13. The zero-order valence-electron chi connectivity index (χ0n) is 9.01. The summed E-state index contributed by atoms with van der Waals surface area (Å²) >= 11 is 5.72. The first-order valence-electron chi connectivity index (χ1n) is 5.12. The monoisotopic (exact) mass is 279 g/mol. The maximum absolute atomic E-state index is 12.4. The van der Waals surface area contributed by atoms with Crippen LogP contribution in [-0.2, 0) is 11.0 Å². The lowest BCUT2D eigenvalue weighted by Gasteiger charge is -2.14. The molecule has 1 unspecified atom stereocenters. The molecule has 98 valence electrons. The minimum absolute atomic E-state index is 0.115. The van der Waals surface area contributed by atoms with Crippen molar-refractivity contribution in [2.24, 2.45) is 0 Å². The van der Waals surface area contributed by atoms with E-state index in [1.807, 2.05) is 0 Å². The van der Waals surface area contributed by atoms with Crippen LogP contribution in [0.15, 0.2) is 12.3 Å². The van der Waals surface area contributed by atoms with Crippen LogP contribution in [-0.4, -0.2) is 23.5 Å². The van der Waals surface area contributed by atoms with E-state index in [1.54, 1.807) is 0 Å². The molecule has 0 spiro atoms. The third-order valence-electron chi connectivity index (χ3n) is 2.49. The Morgan fingerprint density at radius 2 is 2.22 bits per heavy atom. The Morgan fingerprint density at radius 3 is 2.72 bits per heavy atom. The fourth-order valence-electron chi connectivity index (χ4n) is 1.60. The van der Waals surface area contributed by atoms with E-state index in [2.05, 4.69) is 15.6 Å². The molecule has 0 aliphatic carbocycles. The summed E-state index contributed by atoms with van der Waals surface area (Å²) in [5.41, 5.74) is -0.904. The second-order valence-corrected chi connectivity index (χ2v) is 4.31. The molecule has 1 aromatic rings. The highest BCUT2D eigenvalue weighted by Gasteiger charge is 2.32. The molecule has 0 radical (unpaired) electrons. The fourth-order valence-corrected chi connectivity index (χ4v) is 1.82. The SMILES string of the molecule is O=C1CC(Nc2ncc(C(F)(F)F)cc2Cl)CN1. The molecule has 1 amide bonds. The van der Waals surface area contributed by atoms with Crippen LogP contribution < -0.4 is 10.6 Å². The Labute approximate surface area is 106 Å². The number of carbonyl (C=O) groups is 1. The van der Waals surface area contributed by atoms with Crippen molar-refractivity contribution < 1.29 is 18.0 Å². The number of alkyl halides is 3. The lowest BCUT2D eigenvalue weighted by molar-refractivity contribution is -0.137. The summed E-state index contributed by atoms with van der Waals surface area (Å²) in [5, 5.41) is 5.30. The molecule has 4 nitrogen and oxygen atoms in total. The molecular formula is C10H9ClF3N3O. The first-order chi connectivity index (χ1) is 8.36. The van der Waals surface area contributed by atoms with E-state index >= 15 is 0 Å². The molecule has 1 aliphatic rings. The van der Waals surface area contributed by atoms with Gasteiger partial charge < -0.3 is 10.6 Å². The zero-order chi connectivity index (χ0) is 13.3. The van der Waals surface area contributed by atoms with Crippen molar-refractivity contribution in [2.45, 2.75) is 18.6 Å². The molecule has 2 heterocycles. The smallest absolute Gasteiger partial charge is 0.364 e. The molecule has 1 aliphatic heterocycles. The van der Waals surface area contributed by atoms with Gasteiger partial charge in [-0.25, -0.2) is 4.98 Å². The number of pyridine rings is 1. The van der Waals surface area contributed by atoms with E-state index in [0.717, 1.165) is 6.07 Å². The molecule has 1 saturated heterocycles. The fraction of sp³-hybridized carbons (Fsp3) is 0.400. The van der Waals surface area contributed by atoms with Gasteiger partial charge in [-0.05, 0) is 6.07 Å². The molecule has 18 heavy (non-hydrogen) atoms. The number of nitrogens with zero attached hydrogens (tertiary/aromatic N) is 1. The quantitative estimate of drug-likeness (QED) is 0.871. The summed E-state index contributed by atoms with van der Waals surface area (Å²) < 4.78 is 37.1. The topological polar surface area (TPSA) is 54.0 Å². The van der Waals surface area contributed by atoms with E-state index < -0.39 is 11.7 Å². The number of nitrogens with one attached hydrogen (secondary N) is 2. The lowest BCUT2D eigenvalue weighted by atomic mass is 10.2. The molecule has 1 atom stereocenters. The number of amides is 1. The molecule has 2 N–H and O–H groups in total. The van der Waals surface area contributed by atoms with Gasteiger partial charge in [0.05, 0.1) is 16.6 Å². The highest BCUT2D eigenvalue weighted by molar-refractivity contribution is 6.33. The molecule has 2 rings (SSSR count). The van der Waals surface area contributed by atoms with Gasteiger partial charge in [0.1, 0.15) is 5.82 Å². The van der Waals surface area contributed by atoms with Crippen molar-refractivity contribution in [1.82, 2.24) is 10.3 Å². The molecular weight excluding hydrogens is 271 g/mol. The predicted octanol–water partition coefficient (Wildman–Crippen LogP) is 2.05. The van der Waals surface area contributed by atoms with Crippen molar-refractivity contribution in [1.29, 1.82) is 0 Å². The minimum Gasteiger partial charge on any atom is -0.364 e. The van der Waals surface area contributed by atoms with E-state index in [4.69, 9.17) is 11.6 Å². The predicted molar refractivity (Wildman–Crippen MR) is 59.3 cm³/mol. The number of halogens is 4. The van der Waals surface area contributed by atoms with Crippen molar-refractivity contribution in [2.75, 3.05) is 11.9 Å². The first kappa shape index (κ1) is 12.9. The average Bonchev–Trinajstić information content (AvgIpc) is 2.65. The van der Waals surface area contributed by atoms with Crippen LogP contribution in [0.2, 0.25) is 5.02 Å². The van der Waals surface area contributed by atoms with Gasteiger partial charge >= 0.3 is 6.18 Å². The number of rotatable bonds is 2. The van der Waals surface area contributed by atoms with Gasteiger partial charge in [-0.1, -0.05) is 11.6 Å². The Bertz CT molecular complexity index is 478. The number of aromatic nitrogens is 1. The normalized spacial score (nSPS) is 19.8. The van der Waals surface area contributed by atoms with Gasteiger partial charge in [-0.3, -0.25) is 4.79 Å². The summed E-state index contributed by atoms with van der Waals surface area (Å²) in [6.45, 7) is 0.401. The van der Waals surface area contributed by atoms with Crippen LogP contribution in [0.3, 0.4) is 0 Å². The summed E-state index contributed by atoms with van der Waals surface area (Å²) in [7, 11) is 0.